The molecule has 0 amide bonds. The molecule has 2 aromatic rings. The number of aromatic nitrogens is 4. The summed E-state index contributed by atoms with van der Waals surface area (Å²) in [5.41, 5.74) is -0.992. The summed E-state index contributed by atoms with van der Waals surface area (Å²) in [6.07, 6.45) is -3.33. The number of halogens is 3. The van der Waals surface area contributed by atoms with Crippen LogP contribution in [0.25, 0.3) is 5.13 Å². The summed E-state index contributed by atoms with van der Waals surface area (Å²) in [4.78, 5) is 0. The van der Waals surface area contributed by atoms with Gasteiger partial charge in [0.2, 0.25) is 5.13 Å². The molecule has 0 saturated carbocycles. The maximum Gasteiger partial charge on any atom is 0.435 e. The molecule has 0 spiro atoms. The first-order valence-corrected chi connectivity index (χ1v) is 4.89. The van der Waals surface area contributed by atoms with E-state index in [-0.39, 0.29) is 11.7 Å². The lowest BCUT2D eigenvalue weighted by Gasteiger charge is -1.99. The lowest BCUT2D eigenvalue weighted by Crippen LogP contribution is -2.07. The lowest BCUT2D eigenvalue weighted by molar-refractivity contribution is -0.141. The van der Waals surface area contributed by atoms with Crippen LogP contribution < -0.4 is 0 Å². The molecule has 16 heavy (non-hydrogen) atoms. The van der Waals surface area contributed by atoms with Crippen molar-refractivity contribution in [3.8, 4) is 5.13 Å². The summed E-state index contributed by atoms with van der Waals surface area (Å²) < 4.78 is 37.7. The van der Waals surface area contributed by atoms with Gasteiger partial charge in [0.15, 0.2) is 5.69 Å². The normalized spacial score (nSPS) is 12.0. The highest BCUT2D eigenvalue weighted by molar-refractivity contribution is 7.13. The summed E-state index contributed by atoms with van der Waals surface area (Å²) in [5.74, 6) is 0. The van der Waals surface area contributed by atoms with E-state index in [1.165, 1.54) is 0 Å². The molecule has 86 valence electrons. The van der Waals surface area contributed by atoms with Crippen molar-refractivity contribution >= 4 is 11.3 Å². The Morgan fingerprint density at radius 1 is 1.38 bits per heavy atom. The predicted molar refractivity (Wildman–Crippen MR) is 48.0 cm³/mol. The summed E-state index contributed by atoms with van der Waals surface area (Å²) in [6, 6.07) is 0.847. The number of aliphatic hydroxyl groups is 1. The molecular formula is C7H5F3N4OS. The van der Waals surface area contributed by atoms with Gasteiger partial charge < -0.3 is 5.11 Å². The van der Waals surface area contributed by atoms with Gasteiger partial charge in [-0.3, -0.25) is 0 Å². The van der Waals surface area contributed by atoms with Crippen LogP contribution in [0.2, 0.25) is 0 Å². The van der Waals surface area contributed by atoms with Gasteiger partial charge in [0.05, 0.1) is 6.61 Å². The Kier molecular flexibility index (Phi) is 2.64. The van der Waals surface area contributed by atoms with Crippen LogP contribution in [0.5, 0.6) is 0 Å². The Bertz CT molecular complexity index is 492. The Labute approximate surface area is 91.2 Å². The number of rotatable bonds is 2. The Hall–Kier alpha value is -1.48. The van der Waals surface area contributed by atoms with E-state index in [4.69, 9.17) is 5.11 Å². The molecule has 0 radical (unpaired) electrons. The summed E-state index contributed by atoms with van der Waals surface area (Å²) in [6.45, 7) is -0.301. The molecule has 1 N–H and O–H groups in total. The van der Waals surface area contributed by atoms with Crippen molar-refractivity contribution < 1.29 is 18.3 Å². The van der Waals surface area contributed by atoms with Crippen molar-refractivity contribution in [2.45, 2.75) is 12.8 Å². The van der Waals surface area contributed by atoms with Crippen molar-refractivity contribution in [2.75, 3.05) is 0 Å². The second-order valence-electron chi connectivity index (χ2n) is 2.78. The molecule has 2 aromatic heterocycles. The standard InChI is InChI=1S/C7H5F3N4OS/c8-7(9,10)4-1-2-14(13-4)6-12-11-5(3-15)16-6/h1-2,15H,3H2. The van der Waals surface area contributed by atoms with E-state index in [1.807, 2.05) is 0 Å². The largest absolute Gasteiger partial charge is 0.435 e. The summed E-state index contributed by atoms with van der Waals surface area (Å²) in [5, 5.41) is 19.7. The van der Waals surface area contributed by atoms with Gasteiger partial charge in [0.25, 0.3) is 0 Å². The fraction of sp³-hybridized carbons (Fsp3) is 0.286. The fourth-order valence-corrected chi connectivity index (χ4v) is 1.62. The van der Waals surface area contributed by atoms with Crippen LogP contribution in [0.4, 0.5) is 13.2 Å². The number of hydrogen-bond donors (Lipinski definition) is 1. The minimum atomic E-state index is -4.48. The topological polar surface area (TPSA) is 63.8 Å². The van der Waals surface area contributed by atoms with Gasteiger partial charge in [-0.05, 0) is 6.07 Å². The van der Waals surface area contributed by atoms with Crippen molar-refractivity contribution in [3.05, 3.63) is 23.0 Å². The van der Waals surface area contributed by atoms with E-state index < -0.39 is 11.9 Å². The monoisotopic (exact) mass is 250 g/mol. The van der Waals surface area contributed by atoms with Gasteiger partial charge in [0.1, 0.15) is 5.01 Å². The van der Waals surface area contributed by atoms with Crippen LogP contribution in [0.15, 0.2) is 12.3 Å². The van der Waals surface area contributed by atoms with Crippen LogP contribution in [-0.2, 0) is 12.8 Å². The van der Waals surface area contributed by atoms with Crippen LogP contribution in [0.3, 0.4) is 0 Å². The van der Waals surface area contributed by atoms with E-state index in [2.05, 4.69) is 15.3 Å². The summed E-state index contributed by atoms with van der Waals surface area (Å²) >= 11 is 0.971. The van der Waals surface area contributed by atoms with Crippen LogP contribution >= 0.6 is 11.3 Å². The van der Waals surface area contributed by atoms with E-state index in [0.29, 0.717) is 5.01 Å². The fourth-order valence-electron chi connectivity index (χ4n) is 0.983. The zero-order valence-corrected chi connectivity index (χ0v) is 8.46. The molecular weight excluding hydrogens is 245 g/mol. The van der Waals surface area contributed by atoms with Gasteiger partial charge in [-0.15, -0.1) is 10.2 Å². The van der Waals surface area contributed by atoms with E-state index in [9.17, 15) is 13.2 Å². The Morgan fingerprint density at radius 2 is 2.12 bits per heavy atom. The smallest absolute Gasteiger partial charge is 0.389 e. The van der Waals surface area contributed by atoms with Crippen molar-refractivity contribution in [2.24, 2.45) is 0 Å². The van der Waals surface area contributed by atoms with Gasteiger partial charge in [-0.25, -0.2) is 4.68 Å². The molecule has 2 heterocycles. The summed E-state index contributed by atoms with van der Waals surface area (Å²) in [7, 11) is 0. The SMILES string of the molecule is OCc1nnc(-n2ccc(C(F)(F)F)n2)s1. The maximum atomic E-state index is 12.2. The molecule has 0 aromatic carbocycles. The second kappa shape index (κ2) is 3.83. The number of aliphatic hydroxyl groups excluding tert-OH is 1. The molecule has 0 aliphatic carbocycles. The third kappa shape index (κ3) is 2.04. The molecule has 0 bridgehead atoms. The molecule has 0 saturated heterocycles. The number of hydrogen-bond acceptors (Lipinski definition) is 5. The molecule has 2 rings (SSSR count). The number of nitrogens with zero attached hydrogens (tertiary/aromatic N) is 4. The first-order chi connectivity index (χ1) is 7.50. The van der Waals surface area contributed by atoms with Gasteiger partial charge in [-0.1, -0.05) is 11.3 Å². The third-order valence-electron chi connectivity index (χ3n) is 1.67. The van der Waals surface area contributed by atoms with Crippen LogP contribution in [0, 0.1) is 0 Å². The van der Waals surface area contributed by atoms with E-state index >= 15 is 0 Å². The molecule has 0 aliphatic heterocycles. The zero-order valence-electron chi connectivity index (χ0n) is 7.64. The van der Waals surface area contributed by atoms with Gasteiger partial charge in [-0.2, -0.15) is 18.3 Å². The third-order valence-corrected chi connectivity index (χ3v) is 2.56. The van der Waals surface area contributed by atoms with Gasteiger partial charge >= 0.3 is 6.18 Å². The highest BCUT2D eigenvalue weighted by Gasteiger charge is 2.33. The highest BCUT2D eigenvalue weighted by Crippen LogP contribution is 2.28. The zero-order chi connectivity index (χ0) is 11.8. The first kappa shape index (κ1) is 11.0. The van der Waals surface area contributed by atoms with Crippen LogP contribution in [-0.4, -0.2) is 25.1 Å². The number of alkyl halides is 3. The second-order valence-corrected chi connectivity index (χ2v) is 3.82. The molecule has 0 fully saturated rings. The molecule has 0 unspecified atom stereocenters. The van der Waals surface area contributed by atoms with Crippen molar-refractivity contribution in [3.63, 3.8) is 0 Å². The van der Waals surface area contributed by atoms with Gasteiger partial charge in [0, 0.05) is 6.20 Å². The minimum Gasteiger partial charge on any atom is -0.389 e. The lowest BCUT2D eigenvalue weighted by atomic mass is 10.4. The van der Waals surface area contributed by atoms with Crippen molar-refractivity contribution in [1.82, 2.24) is 20.0 Å². The Balaban J connectivity index is 2.31. The molecule has 0 aliphatic rings. The van der Waals surface area contributed by atoms with Crippen LogP contribution in [0.1, 0.15) is 10.7 Å². The Morgan fingerprint density at radius 3 is 2.62 bits per heavy atom. The highest BCUT2D eigenvalue weighted by atomic mass is 32.1. The average Bonchev–Trinajstić information content (AvgIpc) is 2.85. The predicted octanol–water partition coefficient (Wildman–Crippen LogP) is 1.23. The molecule has 5 nitrogen and oxygen atoms in total. The van der Waals surface area contributed by atoms with Crippen molar-refractivity contribution in [1.29, 1.82) is 0 Å². The van der Waals surface area contributed by atoms with E-state index in [1.54, 1.807) is 0 Å². The first-order valence-electron chi connectivity index (χ1n) is 4.07. The van der Waals surface area contributed by atoms with E-state index in [0.717, 1.165) is 28.3 Å². The maximum absolute atomic E-state index is 12.2. The minimum absolute atomic E-state index is 0.180. The average molecular weight is 250 g/mol. The molecule has 0 atom stereocenters. The molecule has 9 heteroatoms. The quantitative estimate of drug-likeness (QED) is 0.870.